The van der Waals surface area contributed by atoms with Crippen molar-refractivity contribution in [2.45, 2.75) is 0 Å². The van der Waals surface area contributed by atoms with Crippen molar-refractivity contribution in [1.82, 2.24) is 5.43 Å². The van der Waals surface area contributed by atoms with Crippen molar-refractivity contribution in [3.8, 4) is 0 Å². The molecule has 1 N–H and O–H groups in total. The number of benzene rings is 2. The molecule has 26 heavy (non-hydrogen) atoms. The van der Waals surface area contributed by atoms with Gasteiger partial charge in [0.15, 0.2) is 0 Å². The molecule has 0 radical (unpaired) electrons. The van der Waals surface area contributed by atoms with Gasteiger partial charge in [-0.05, 0) is 29.8 Å². The van der Waals surface area contributed by atoms with Crippen LogP contribution in [0.4, 0.5) is 11.4 Å². The fourth-order valence-electron chi connectivity index (χ4n) is 2.37. The molecule has 2 amide bonds. The second-order valence-electron chi connectivity index (χ2n) is 5.35. The molecule has 2 aromatic rings. The number of amides is 2. The smallest absolute Gasteiger partial charge is 0.267 e. The molecule has 1 saturated heterocycles. The van der Waals surface area contributed by atoms with Crippen molar-refractivity contribution < 1.29 is 14.5 Å². The van der Waals surface area contributed by atoms with E-state index in [0.717, 1.165) is 5.01 Å². The van der Waals surface area contributed by atoms with E-state index in [9.17, 15) is 19.7 Å². The lowest BCUT2D eigenvalue weighted by atomic mass is 10.1. The van der Waals surface area contributed by atoms with E-state index in [4.69, 9.17) is 11.6 Å². The molecule has 130 valence electrons. The third kappa shape index (κ3) is 3.62. The van der Waals surface area contributed by atoms with Crippen molar-refractivity contribution in [3.63, 3.8) is 0 Å². The van der Waals surface area contributed by atoms with Crippen LogP contribution >= 0.6 is 11.6 Å². The van der Waals surface area contributed by atoms with E-state index in [2.05, 4.69) is 5.43 Å². The van der Waals surface area contributed by atoms with Crippen LogP contribution in [0.15, 0.2) is 66.3 Å². The maximum absolute atomic E-state index is 12.4. The van der Waals surface area contributed by atoms with Gasteiger partial charge in [0.05, 0.1) is 10.6 Å². The Labute approximate surface area is 153 Å². The lowest BCUT2D eigenvalue weighted by molar-refractivity contribution is -0.384. The molecule has 0 atom stereocenters. The Morgan fingerprint density at radius 3 is 2.62 bits per heavy atom. The van der Waals surface area contributed by atoms with Gasteiger partial charge in [0, 0.05) is 17.2 Å². The lowest BCUT2D eigenvalue weighted by Crippen LogP contribution is -2.35. The number of rotatable bonds is 4. The van der Waals surface area contributed by atoms with Crippen LogP contribution in [0.1, 0.15) is 5.56 Å². The van der Waals surface area contributed by atoms with Gasteiger partial charge < -0.3 is 0 Å². The SMILES string of the molecule is O=C1NN(c2cccc(Cl)c2)C(=O)/C1=C\C=C/c1cccc([N+](=O)[O-])c1. The Bertz CT molecular complexity index is 968. The standard InChI is InChI=1S/C18H12ClN3O4/c19-13-6-3-7-14(11-13)21-18(24)16(17(23)20-21)9-2-5-12-4-1-8-15(10-12)22(25)26/h1-11H,(H,20,23)/b5-2-,16-9-. The van der Waals surface area contributed by atoms with Crippen molar-refractivity contribution in [3.05, 3.63) is 87.0 Å². The topological polar surface area (TPSA) is 92.6 Å². The Balaban J connectivity index is 1.81. The zero-order chi connectivity index (χ0) is 18.7. The predicted octanol–water partition coefficient (Wildman–Crippen LogP) is 3.27. The van der Waals surface area contributed by atoms with Gasteiger partial charge in [0.1, 0.15) is 5.57 Å². The van der Waals surface area contributed by atoms with Crippen LogP contribution in [-0.2, 0) is 9.59 Å². The summed E-state index contributed by atoms with van der Waals surface area (Å²) in [4.78, 5) is 34.7. The van der Waals surface area contributed by atoms with Gasteiger partial charge in [-0.15, -0.1) is 0 Å². The second-order valence-corrected chi connectivity index (χ2v) is 5.79. The van der Waals surface area contributed by atoms with E-state index in [1.807, 2.05) is 0 Å². The van der Waals surface area contributed by atoms with E-state index in [-0.39, 0.29) is 11.3 Å². The first kappa shape index (κ1) is 17.4. The Hall–Kier alpha value is -3.45. The zero-order valence-corrected chi connectivity index (χ0v) is 14.0. The zero-order valence-electron chi connectivity index (χ0n) is 13.3. The molecule has 1 aliphatic heterocycles. The average molecular weight is 370 g/mol. The second kappa shape index (κ2) is 7.20. The molecular weight excluding hydrogens is 358 g/mol. The fraction of sp³-hybridized carbons (Fsp3) is 0. The molecule has 1 aliphatic rings. The minimum atomic E-state index is -0.543. The van der Waals surface area contributed by atoms with Crippen molar-refractivity contribution in [2.24, 2.45) is 0 Å². The van der Waals surface area contributed by atoms with Gasteiger partial charge in [-0.25, -0.2) is 5.01 Å². The van der Waals surface area contributed by atoms with E-state index < -0.39 is 16.7 Å². The molecular formula is C18H12ClN3O4. The molecule has 0 aromatic heterocycles. The number of hydrogen-bond acceptors (Lipinski definition) is 4. The molecule has 1 fully saturated rings. The summed E-state index contributed by atoms with van der Waals surface area (Å²) < 4.78 is 0. The first-order chi connectivity index (χ1) is 12.5. The molecule has 0 spiro atoms. The fourth-order valence-corrected chi connectivity index (χ4v) is 2.56. The maximum Gasteiger partial charge on any atom is 0.282 e. The first-order valence-corrected chi connectivity index (χ1v) is 7.87. The number of allylic oxidation sites excluding steroid dienone is 2. The molecule has 1 heterocycles. The number of nitrogens with one attached hydrogen (secondary N) is 1. The molecule has 0 unspecified atom stereocenters. The van der Waals surface area contributed by atoms with Crippen LogP contribution in [0.3, 0.4) is 0 Å². The Kier molecular flexibility index (Phi) is 4.81. The van der Waals surface area contributed by atoms with Crippen LogP contribution in [0.25, 0.3) is 6.08 Å². The summed E-state index contributed by atoms with van der Waals surface area (Å²) in [5, 5.41) is 12.3. The van der Waals surface area contributed by atoms with Crippen LogP contribution in [0.5, 0.6) is 0 Å². The molecule has 2 aromatic carbocycles. The Morgan fingerprint density at radius 2 is 1.88 bits per heavy atom. The lowest BCUT2D eigenvalue weighted by Gasteiger charge is -2.14. The largest absolute Gasteiger partial charge is 0.282 e. The Morgan fingerprint density at radius 1 is 1.12 bits per heavy atom. The van der Waals surface area contributed by atoms with Gasteiger partial charge in [0.25, 0.3) is 17.5 Å². The van der Waals surface area contributed by atoms with Crippen LogP contribution in [0, 0.1) is 10.1 Å². The van der Waals surface area contributed by atoms with Crippen LogP contribution < -0.4 is 10.4 Å². The predicted molar refractivity (Wildman–Crippen MR) is 97.3 cm³/mol. The van der Waals surface area contributed by atoms with Gasteiger partial charge >= 0.3 is 0 Å². The minimum Gasteiger partial charge on any atom is -0.267 e. The number of nitro groups is 1. The normalized spacial score (nSPS) is 15.7. The molecule has 8 heteroatoms. The van der Waals surface area contributed by atoms with E-state index in [0.29, 0.717) is 16.3 Å². The highest BCUT2D eigenvalue weighted by molar-refractivity contribution is 6.32. The van der Waals surface area contributed by atoms with Gasteiger partial charge in [-0.1, -0.05) is 42.0 Å². The summed E-state index contributed by atoms with van der Waals surface area (Å²) in [5.41, 5.74) is 3.40. The number of hydrogen-bond donors (Lipinski definition) is 1. The highest BCUT2D eigenvalue weighted by atomic mass is 35.5. The number of carbonyl (C=O) groups excluding carboxylic acids is 2. The number of nitrogens with zero attached hydrogens (tertiary/aromatic N) is 2. The van der Waals surface area contributed by atoms with Crippen LogP contribution in [0.2, 0.25) is 5.02 Å². The van der Waals surface area contributed by atoms with Crippen molar-refractivity contribution in [1.29, 1.82) is 0 Å². The van der Waals surface area contributed by atoms with Gasteiger partial charge in [0.2, 0.25) is 0 Å². The third-order valence-electron chi connectivity index (χ3n) is 3.59. The summed E-state index contributed by atoms with van der Waals surface area (Å²) >= 11 is 5.91. The van der Waals surface area contributed by atoms with Crippen molar-refractivity contribution in [2.75, 3.05) is 5.01 Å². The monoisotopic (exact) mass is 369 g/mol. The molecule has 0 saturated carbocycles. The molecule has 0 aliphatic carbocycles. The quantitative estimate of drug-likeness (QED) is 0.387. The maximum atomic E-state index is 12.4. The summed E-state index contributed by atoms with van der Waals surface area (Å²) in [6.45, 7) is 0. The number of halogens is 1. The number of hydrazine groups is 1. The average Bonchev–Trinajstić information content (AvgIpc) is 2.90. The van der Waals surface area contributed by atoms with E-state index in [1.54, 1.807) is 42.5 Å². The summed E-state index contributed by atoms with van der Waals surface area (Å²) in [5.74, 6) is -1.06. The summed E-state index contributed by atoms with van der Waals surface area (Å²) in [6.07, 6.45) is 4.43. The molecule has 3 rings (SSSR count). The first-order valence-electron chi connectivity index (χ1n) is 7.49. The van der Waals surface area contributed by atoms with E-state index in [1.165, 1.54) is 24.3 Å². The summed E-state index contributed by atoms with van der Waals surface area (Å²) in [7, 11) is 0. The highest BCUT2D eigenvalue weighted by Crippen LogP contribution is 2.23. The summed E-state index contributed by atoms with van der Waals surface area (Å²) in [6, 6.07) is 12.5. The van der Waals surface area contributed by atoms with Crippen LogP contribution in [-0.4, -0.2) is 16.7 Å². The highest BCUT2D eigenvalue weighted by Gasteiger charge is 2.33. The number of non-ortho nitro benzene ring substituents is 1. The van der Waals surface area contributed by atoms with Gasteiger partial charge in [-0.2, -0.15) is 0 Å². The van der Waals surface area contributed by atoms with E-state index >= 15 is 0 Å². The third-order valence-corrected chi connectivity index (χ3v) is 3.83. The molecule has 0 bridgehead atoms. The molecule has 7 nitrogen and oxygen atoms in total. The minimum absolute atomic E-state index is 0.0402. The number of anilines is 1. The van der Waals surface area contributed by atoms with Gasteiger partial charge in [-0.3, -0.25) is 25.1 Å². The number of nitro benzene ring substituents is 1. The number of carbonyl (C=O) groups is 2. The van der Waals surface area contributed by atoms with Crippen molar-refractivity contribution >= 4 is 40.9 Å².